The van der Waals surface area contributed by atoms with Crippen molar-refractivity contribution in [2.45, 2.75) is 26.5 Å². The van der Waals surface area contributed by atoms with Gasteiger partial charge in [0.15, 0.2) is 0 Å². The SMILES string of the molecule is CC(C)OC(=O)c1cccc(-c2nnn(Cc3nc(-c4cccc(Cl)c4)no3)n2)c1. The van der Waals surface area contributed by atoms with E-state index in [1.54, 1.807) is 50.2 Å². The largest absolute Gasteiger partial charge is 0.459 e. The van der Waals surface area contributed by atoms with E-state index in [1.165, 1.54) is 4.80 Å². The van der Waals surface area contributed by atoms with Gasteiger partial charge in [0, 0.05) is 16.1 Å². The lowest BCUT2D eigenvalue weighted by atomic mass is 10.1. The second-order valence-electron chi connectivity index (χ2n) is 6.70. The maximum Gasteiger partial charge on any atom is 0.338 e. The molecule has 0 unspecified atom stereocenters. The second-order valence-corrected chi connectivity index (χ2v) is 7.14. The minimum atomic E-state index is -0.404. The van der Waals surface area contributed by atoms with Crippen LogP contribution in [0.5, 0.6) is 0 Å². The van der Waals surface area contributed by atoms with Crippen LogP contribution in [0.2, 0.25) is 5.02 Å². The van der Waals surface area contributed by atoms with Crippen LogP contribution in [0, 0.1) is 0 Å². The van der Waals surface area contributed by atoms with Gasteiger partial charge >= 0.3 is 5.97 Å². The first-order chi connectivity index (χ1) is 14.5. The summed E-state index contributed by atoms with van der Waals surface area (Å²) < 4.78 is 10.5. The normalized spacial score (nSPS) is 11.1. The second kappa shape index (κ2) is 8.42. The minimum Gasteiger partial charge on any atom is -0.459 e. The molecule has 2 aromatic heterocycles. The number of carbonyl (C=O) groups is 1. The molecule has 2 aromatic carbocycles. The van der Waals surface area contributed by atoms with Gasteiger partial charge in [-0.05, 0) is 43.3 Å². The highest BCUT2D eigenvalue weighted by atomic mass is 35.5. The van der Waals surface area contributed by atoms with Gasteiger partial charge in [-0.3, -0.25) is 0 Å². The van der Waals surface area contributed by atoms with Gasteiger partial charge in [-0.2, -0.15) is 9.78 Å². The topological polar surface area (TPSA) is 109 Å². The zero-order valence-electron chi connectivity index (χ0n) is 16.2. The van der Waals surface area contributed by atoms with Crippen LogP contribution in [0.3, 0.4) is 0 Å². The lowest BCUT2D eigenvalue weighted by molar-refractivity contribution is 0.0378. The molecular formula is C20H17ClN6O3. The number of hydrogen-bond donors (Lipinski definition) is 0. The predicted molar refractivity (Wildman–Crippen MR) is 108 cm³/mol. The summed E-state index contributed by atoms with van der Waals surface area (Å²) in [5.74, 6) is 0.704. The Labute approximate surface area is 176 Å². The van der Waals surface area contributed by atoms with Crippen LogP contribution in [0.15, 0.2) is 53.1 Å². The molecule has 0 aliphatic rings. The number of esters is 1. The molecule has 0 saturated carbocycles. The smallest absolute Gasteiger partial charge is 0.338 e. The Morgan fingerprint density at radius 2 is 1.90 bits per heavy atom. The number of nitrogens with zero attached hydrogens (tertiary/aromatic N) is 6. The molecule has 9 nitrogen and oxygen atoms in total. The van der Waals surface area contributed by atoms with E-state index in [-0.39, 0.29) is 12.6 Å². The fourth-order valence-corrected chi connectivity index (χ4v) is 2.87. The average molecular weight is 425 g/mol. The molecule has 0 atom stereocenters. The maximum absolute atomic E-state index is 12.1. The fourth-order valence-electron chi connectivity index (χ4n) is 2.68. The third kappa shape index (κ3) is 4.52. The summed E-state index contributed by atoms with van der Waals surface area (Å²) in [5.41, 5.74) is 1.81. The van der Waals surface area contributed by atoms with Gasteiger partial charge in [-0.15, -0.1) is 10.2 Å². The van der Waals surface area contributed by atoms with Crippen LogP contribution < -0.4 is 0 Å². The monoisotopic (exact) mass is 424 g/mol. The predicted octanol–water partition coefficient (Wildman–Crippen LogP) is 3.66. The summed E-state index contributed by atoms with van der Waals surface area (Å²) in [6.45, 7) is 3.74. The van der Waals surface area contributed by atoms with E-state index in [0.717, 1.165) is 5.56 Å². The van der Waals surface area contributed by atoms with Crippen molar-refractivity contribution in [3.63, 3.8) is 0 Å². The highest BCUT2D eigenvalue weighted by Crippen LogP contribution is 2.20. The molecule has 0 radical (unpaired) electrons. The molecule has 0 saturated heterocycles. The lowest BCUT2D eigenvalue weighted by Crippen LogP contribution is -2.11. The Bertz CT molecular complexity index is 1190. The molecule has 0 N–H and O–H groups in total. The van der Waals surface area contributed by atoms with Gasteiger partial charge in [-0.1, -0.05) is 41.0 Å². The molecule has 0 fully saturated rings. The summed E-state index contributed by atoms with van der Waals surface area (Å²) in [6.07, 6.45) is -0.202. The number of benzene rings is 2. The standard InChI is InChI=1S/C20H17ClN6O3/c1-12(2)29-20(28)15-7-3-5-13(9-15)19-23-26-27(24-19)11-17-22-18(25-30-17)14-6-4-8-16(21)10-14/h3-10,12H,11H2,1-2H3. The van der Waals surface area contributed by atoms with Crippen LogP contribution in [0.25, 0.3) is 22.8 Å². The van der Waals surface area contributed by atoms with E-state index < -0.39 is 5.97 Å². The molecule has 4 aromatic rings. The van der Waals surface area contributed by atoms with Crippen molar-refractivity contribution in [2.24, 2.45) is 0 Å². The summed E-state index contributed by atoms with van der Waals surface area (Å²) >= 11 is 6.00. The third-order valence-corrected chi connectivity index (χ3v) is 4.21. The molecule has 0 amide bonds. The van der Waals surface area contributed by atoms with E-state index in [2.05, 4.69) is 25.6 Å². The first-order valence-electron chi connectivity index (χ1n) is 9.15. The number of hydrogen-bond acceptors (Lipinski definition) is 8. The third-order valence-electron chi connectivity index (χ3n) is 3.98. The fraction of sp³-hybridized carbons (Fsp3) is 0.200. The Balaban J connectivity index is 1.50. The van der Waals surface area contributed by atoms with Crippen molar-refractivity contribution < 1.29 is 14.1 Å². The highest BCUT2D eigenvalue weighted by Gasteiger charge is 2.14. The van der Waals surface area contributed by atoms with Crippen molar-refractivity contribution in [1.29, 1.82) is 0 Å². The van der Waals surface area contributed by atoms with Crippen molar-refractivity contribution in [1.82, 2.24) is 30.3 Å². The Hall–Kier alpha value is -3.59. The zero-order chi connectivity index (χ0) is 21.1. The van der Waals surface area contributed by atoms with Crippen LogP contribution >= 0.6 is 11.6 Å². The number of ether oxygens (including phenoxy) is 1. The van der Waals surface area contributed by atoms with Crippen LogP contribution in [0.4, 0.5) is 0 Å². The number of carbonyl (C=O) groups excluding carboxylic acids is 1. The Morgan fingerprint density at radius 1 is 1.13 bits per heavy atom. The van der Waals surface area contributed by atoms with Crippen LogP contribution in [0.1, 0.15) is 30.1 Å². The first-order valence-corrected chi connectivity index (χ1v) is 9.53. The summed E-state index contributed by atoms with van der Waals surface area (Å²) in [4.78, 5) is 17.8. The molecule has 0 spiro atoms. The quantitative estimate of drug-likeness (QED) is 0.431. The van der Waals surface area contributed by atoms with E-state index in [4.69, 9.17) is 20.9 Å². The number of halogens is 1. The van der Waals surface area contributed by atoms with Gasteiger partial charge < -0.3 is 9.26 Å². The van der Waals surface area contributed by atoms with E-state index in [9.17, 15) is 4.79 Å². The van der Waals surface area contributed by atoms with Crippen molar-refractivity contribution in [3.05, 3.63) is 65.0 Å². The molecular weight excluding hydrogens is 408 g/mol. The summed E-state index contributed by atoms with van der Waals surface area (Å²) in [7, 11) is 0. The van der Waals surface area contributed by atoms with Gasteiger partial charge in [0.2, 0.25) is 11.6 Å². The number of tetrazole rings is 1. The zero-order valence-corrected chi connectivity index (χ0v) is 16.9. The average Bonchev–Trinajstić information content (AvgIpc) is 3.38. The van der Waals surface area contributed by atoms with Crippen LogP contribution in [-0.2, 0) is 11.3 Å². The molecule has 10 heteroatoms. The number of aromatic nitrogens is 6. The highest BCUT2D eigenvalue weighted by molar-refractivity contribution is 6.30. The van der Waals surface area contributed by atoms with Crippen molar-refractivity contribution >= 4 is 17.6 Å². The lowest BCUT2D eigenvalue weighted by Gasteiger charge is -2.08. The molecule has 0 bridgehead atoms. The van der Waals surface area contributed by atoms with Gasteiger partial charge in [0.05, 0.1) is 11.7 Å². The Morgan fingerprint density at radius 3 is 2.67 bits per heavy atom. The Kier molecular flexibility index (Phi) is 5.53. The molecule has 0 aliphatic heterocycles. The van der Waals surface area contributed by atoms with Gasteiger partial charge in [0.1, 0.15) is 6.54 Å². The number of rotatable bonds is 6. The van der Waals surface area contributed by atoms with Gasteiger partial charge in [0.25, 0.3) is 5.89 Å². The molecule has 30 heavy (non-hydrogen) atoms. The first kappa shape index (κ1) is 19.7. The minimum absolute atomic E-state index is 0.148. The molecule has 152 valence electrons. The molecule has 4 rings (SSSR count). The van der Waals surface area contributed by atoms with Crippen molar-refractivity contribution in [3.8, 4) is 22.8 Å². The van der Waals surface area contributed by atoms with Crippen LogP contribution in [-0.4, -0.2) is 42.4 Å². The molecule has 2 heterocycles. The summed E-state index contributed by atoms with van der Waals surface area (Å²) in [6, 6.07) is 14.0. The van der Waals surface area contributed by atoms with E-state index in [0.29, 0.717) is 33.7 Å². The maximum atomic E-state index is 12.1. The van der Waals surface area contributed by atoms with Gasteiger partial charge in [-0.25, -0.2) is 4.79 Å². The van der Waals surface area contributed by atoms with E-state index in [1.807, 2.05) is 12.1 Å². The van der Waals surface area contributed by atoms with E-state index >= 15 is 0 Å². The van der Waals surface area contributed by atoms with Crippen molar-refractivity contribution in [2.75, 3.05) is 0 Å². The summed E-state index contributed by atoms with van der Waals surface area (Å²) in [5, 5.41) is 16.9. The molecule has 0 aliphatic carbocycles.